The summed E-state index contributed by atoms with van der Waals surface area (Å²) in [6, 6.07) is -0.906. The highest BCUT2D eigenvalue weighted by Crippen LogP contribution is 2.16. The van der Waals surface area contributed by atoms with Crippen LogP contribution >= 0.6 is 0 Å². The second-order valence-corrected chi connectivity index (χ2v) is 13.7. The number of aliphatic imine (C=N–C) groups is 1. The first kappa shape index (κ1) is 44.2. The maximum Gasteiger partial charge on any atom is 0.242 e. The Morgan fingerprint density at radius 3 is 1.73 bits per heavy atom. The van der Waals surface area contributed by atoms with Crippen molar-refractivity contribution in [3.63, 3.8) is 0 Å². The van der Waals surface area contributed by atoms with Crippen LogP contribution in [0.4, 0.5) is 0 Å². The third-order valence-corrected chi connectivity index (χ3v) is 7.44. The molecule has 1 atom stereocenters. The van der Waals surface area contributed by atoms with E-state index in [4.69, 9.17) is 11.5 Å². The van der Waals surface area contributed by atoms with Gasteiger partial charge in [-0.2, -0.15) is 0 Å². The van der Waals surface area contributed by atoms with Crippen molar-refractivity contribution in [3.05, 3.63) is 0 Å². The Hall–Kier alpha value is -3.75. The highest BCUT2D eigenvalue weighted by Gasteiger charge is 2.30. The fourth-order valence-electron chi connectivity index (χ4n) is 4.56. The summed E-state index contributed by atoms with van der Waals surface area (Å²) < 4.78 is 0. The Kier molecular flexibility index (Phi) is 20.3. The second kappa shape index (κ2) is 22.0. The average Bonchev–Trinajstić information content (AvgIpc) is 3.00. The lowest BCUT2D eigenvalue weighted by Gasteiger charge is -2.32. The summed E-state index contributed by atoms with van der Waals surface area (Å²) in [5, 5.41) is 8.92. The number of carbonyl (C=O) groups excluding carboxylic acids is 6. The monoisotopic (exact) mass is 681 g/mol. The van der Waals surface area contributed by atoms with Crippen LogP contribution in [0.3, 0.4) is 0 Å². The minimum atomic E-state index is -0.906. The largest absolute Gasteiger partial charge is 0.370 e. The Morgan fingerprint density at radius 1 is 0.708 bits per heavy atom. The molecule has 0 spiro atoms. The van der Waals surface area contributed by atoms with Crippen LogP contribution in [0.2, 0.25) is 0 Å². The highest BCUT2D eigenvalue weighted by molar-refractivity contribution is 5.90. The van der Waals surface area contributed by atoms with Crippen LogP contribution in [0.15, 0.2) is 4.99 Å². The molecule has 48 heavy (non-hydrogen) atoms. The van der Waals surface area contributed by atoms with Gasteiger partial charge in [0.05, 0.1) is 13.1 Å². The van der Waals surface area contributed by atoms with Crippen molar-refractivity contribution >= 4 is 41.3 Å². The van der Waals surface area contributed by atoms with Crippen molar-refractivity contribution in [2.45, 2.75) is 106 Å². The van der Waals surface area contributed by atoms with E-state index in [1.54, 1.807) is 41.5 Å². The van der Waals surface area contributed by atoms with E-state index in [0.29, 0.717) is 19.5 Å². The summed E-state index contributed by atoms with van der Waals surface area (Å²) in [6.45, 7) is 17.8. The molecule has 0 aromatic rings. The van der Waals surface area contributed by atoms with Gasteiger partial charge < -0.3 is 42.1 Å². The molecule has 0 unspecified atom stereocenters. The molecule has 0 aliphatic heterocycles. The van der Waals surface area contributed by atoms with Crippen LogP contribution < -0.4 is 27.4 Å². The van der Waals surface area contributed by atoms with Crippen LogP contribution in [0, 0.1) is 5.41 Å². The number of guanidine groups is 1. The molecule has 5 amide bonds. The smallest absolute Gasteiger partial charge is 0.242 e. The molecule has 0 aliphatic rings. The molecule has 15 heteroatoms. The molecule has 0 aliphatic carbocycles. The molecule has 0 aromatic carbocycles. The Labute approximate surface area is 287 Å². The third kappa shape index (κ3) is 18.6. The van der Waals surface area contributed by atoms with E-state index in [-0.39, 0.29) is 112 Å². The number of hydrogen-bond acceptors (Lipinski definition) is 8. The lowest BCUT2D eigenvalue weighted by atomic mass is 9.90. The van der Waals surface area contributed by atoms with Gasteiger partial charge in [0.1, 0.15) is 6.04 Å². The van der Waals surface area contributed by atoms with Crippen molar-refractivity contribution in [2.24, 2.45) is 21.9 Å². The first-order valence-corrected chi connectivity index (χ1v) is 17.0. The van der Waals surface area contributed by atoms with E-state index in [2.05, 4.69) is 20.9 Å². The van der Waals surface area contributed by atoms with Crippen molar-refractivity contribution in [3.8, 4) is 0 Å². The van der Waals surface area contributed by atoms with Crippen LogP contribution in [0.5, 0.6) is 0 Å². The predicted molar refractivity (Wildman–Crippen MR) is 188 cm³/mol. The van der Waals surface area contributed by atoms with Gasteiger partial charge in [-0.15, -0.1) is 0 Å². The molecular formula is C33H63N9O6. The van der Waals surface area contributed by atoms with E-state index in [1.807, 2.05) is 20.8 Å². The Morgan fingerprint density at radius 2 is 1.23 bits per heavy atom. The van der Waals surface area contributed by atoms with Gasteiger partial charge in [0, 0.05) is 76.0 Å². The number of ketones is 1. The zero-order valence-electron chi connectivity index (χ0n) is 30.9. The molecule has 0 rings (SSSR count). The number of nitrogens with one attached hydrogen (secondary N) is 3. The molecule has 0 aromatic heterocycles. The molecule has 0 saturated carbocycles. The normalized spacial score (nSPS) is 12.0. The SMILES string of the molecule is CCC(=O)N(CCNC(C)(C)C)CC(=O)NCCN(C(=O)CC)[C@@H](CCCN=C(N)N)C(=O)NCCN(CC(=O)C(C)(C)C)C(=O)CC. The van der Waals surface area contributed by atoms with Crippen molar-refractivity contribution in [2.75, 3.05) is 58.9 Å². The van der Waals surface area contributed by atoms with E-state index in [0.717, 1.165) is 0 Å². The standard InChI is InChI=1S/C33H63N9O6/c1-10-27(45)40(22-25(43)32(4,5)6)19-16-37-30(48)24(14-13-15-38-31(34)35)42(29(47)12-3)21-17-36-26(44)23-41(28(46)11-2)20-18-39-33(7,8)9/h24,39H,10-23H2,1-9H3,(H,36,44)(H,37,48)(H4,34,35,38)/t24-/m0/s1. The predicted octanol–water partition coefficient (Wildman–Crippen LogP) is 0.360. The molecule has 0 heterocycles. The number of amides is 5. The molecule has 15 nitrogen and oxygen atoms in total. The maximum absolute atomic E-state index is 13.6. The summed E-state index contributed by atoms with van der Waals surface area (Å²) in [7, 11) is 0. The zero-order valence-corrected chi connectivity index (χ0v) is 30.9. The molecule has 276 valence electrons. The maximum atomic E-state index is 13.6. The molecule has 7 N–H and O–H groups in total. The van der Waals surface area contributed by atoms with Gasteiger partial charge in [0.15, 0.2) is 11.7 Å². The Bertz CT molecular complexity index is 1090. The van der Waals surface area contributed by atoms with Gasteiger partial charge in [-0.1, -0.05) is 41.5 Å². The van der Waals surface area contributed by atoms with Gasteiger partial charge in [0.25, 0.3) is 0 Å². The minimum absolute atomic E-state index is 0.0482. The van der Waals surface area contributed by atoms with E-state index >= 15 is 0 Å². The van der Waals surface area contributed by atoms with Crippen LogP contribution in [0.1, 0.15) is 94.4 Å². The minimum Gasteiger partial charge on any atom is -0.370 e. The number of Topliss-reactive ketones (excluding diaryl/α,β-unsaturated/α-hetero) is 1. The van der Waals surface area contributed by atoms with Gasteiger partial charge in [0.2, 0.25) is 29.5 Å². The summed E-state index contributed by atoms with van der Waals surface area (Å²) in [5.41, 5.74) is 10.1. The lowest BCUT2D eigenvalue weighted by molar-refractivity contribution is -0.141. The van der Waals surface area contributed by atoms with Crippen LogP contribution in [-0.2, 0) is 28.8 Å². The van der Waals surface area contributed by atoms with Gasteiger partial charge in [-0.3, -0.25) is 33.8 Å². The van der Waals surface area contributed by atoms with Gasteiger partial charge >= 0.3 is 0 Å². The molecular weight excluding hydrogens is 618 g/mol. The third-order valence-electron chi connectivity index (χ3n) is 7.44. The number of rotatable bonds is 22. The van der Waals surface area contributed by atoms with Crippen molar-refractivity contribution in [1.29, 1.82) is 0 Å². The van der Waals surface area contributed by atoms with Crippen LogP contribution in [-0.4, -0.2) is 126 Å². The van der Waals surface area contributed by atoms with E-state index < -0.39 is 17.4 Å². The highest BCUT2D eigenvalue weighted by atomic mass is 16.2. The molecule has 0 radical (unpaired) electrons. The number of nitrogens with two attached hydrogens (primary N) is 2. The van der Waals surface area contributed by atoms with E-state index in [1.165, 1.54) is 14.7 Å². The Balaban J connectivity index is 5.69. The molecule has 0 bridgehead atoms. The number of nitrogens with zero attached hydrogens (tertiary/aromatic N) is 4. The van der Waals surface area contributed by atoms with Crippen molar-refractivity contribution < 1.29 is 28.8 Å². The van der Waals surface area contributed by atoms with Gasteiger partial charge in [-0.25, -0.2) is 0 Å². The van der Waals surface area contributed by atoms with Gasteiger partial charge in [-0.05, 0) is 33.6 Å². The second-order valence-electron chi connectivity index (χ2n) is 13.7. The summed E-state index contributed by atoms with van der Waals surface area (Å²) in [6.07, 6.45) is 1.23. The quantitative estimate of drug-likeness (QED) is 0.0605. The summed E-state index contributed by atoms with van der Waals surface area (Å²) in [5.74, 6) is -1.65. The average molecular weight is 682 g/mol. The number of carbonyl (C=O) groups is 6. The fraction of sp³-hybridized carbons (Fsp3) is 0.788. The first-order valence-electron chi connectivity index (χ1n) is 17.0. The topological polar surface area (TPSA) is 213 Å². The summed E-state index contributed by atoms with van der Waals surface area (Å²) >= 11 is 0. The molecule has 0 saturated heterocycles. The first-order chi connectivity index (χ1) is 22.3. The lowest BCUT2D eigenvalue weighted by Crippen LogP contribution is -2.53. The van der Waals surface area contributed by atoms with Crippen LogP contribution in [0.25, 0.3) is 0 Å². The fourth-order valence-corrected chi connectivity index (χ4v) is 4.56. The summed E-state index contributed by atoms with van der Waals surface area (Å²) in [4.78, 5) is 85.5. The number of hydrogen-bond donors (Lipinski definition) is 5. The molecule has 0 fully saturated rings. The van der Waals surface area contributed by atoms with Crippen molar-refractivity contribution in [1.82, 2.24) is 30.7 Å². The zero-order chi connectivity index (χ0) is 37.1. The van der Waals surface area contributed by atoms with E-state index in [9.17, 15) is 28.8 Å².